The van der Waals surface area contributed by atoms with E-state index in [4.69, 9.17) is 15.2 Å². The van der Waals surface area contributed by atoms with Gasteiger partial charge in [0.05, 0.1) is 6.61 Å². The lowest BCUT2D eigenvalue weighted by Crippen LogP contribution is -2.18. The Morgan fingerprint density at radius 2 is 2.11 bits per heavy atom. The highest BCUT2D eigenvalue weighted by Crippen LogP contribution is 2.32. The van der Waals surface area contributed by atoms with Gasteiger partial charge in [-0.2, -0.15) is 0 Å². The van der Waals surface area contributed by atoms with Crippen molar-refractivity contribution in [3.05, 3.63) is 23.8 Å². The van der Waals surface area contributed by atoms with Gasteiger partial charge < -0.3 is 15.2 Å². The Morgan fingerprint density at radius 3 is 2.72 bits per heavy atom. The van der Waals surface area contributed by atoms with E-state index in [2.05, 4.69) is 11.8 Å². The van der Waals surface area contributed by atoms with Crippen LogP contribution in [0.3, 0.4) is 0 Å². The van der Waals surface area contributed by atoms with Crippen LogP contribution in [-0.4, -0.2) is 19.3 Å². The quantitative estimate of drug-likeness (QED) is 0.785. The molecule has 1 atom stereocenters. The van der Waals surface area contributed by atoms with Crippen LogP contribution in [-0.2, 0) is 6.42 Å². The average Bonchev–Trinajstić information content (AvgIpc) is 2.32. The van der Waals surface area contributed by atoms with Crippen molar-refractivity contribution in [2.24, 2.45) is 5.73 Å². The van der Waals surface area contributed by atoms with Gasteiger partial charge >= 0.3 is 0 Å². The lowest BCUT2D eigenvalue weighted by molar-refractivity contribution is 0.296. The summed E-state index contributed by atoms with van der Waals surface area (Å²) in [5, 5.41) is 0. The zero-order chi connectivity index (χ0) is 13.4. The van der Waals surface area contributed by atoms with Crippen molar-refractivity contribution in [3.8, 4) is 23.3 Å². The van der Waals surface area contributed by atoms with Crippen molar-refractivity contribution in [1.29, 1.82) is 0 Å². The van der Waals surface area contributed by atoms with E-state index in [-0.39, 0.29) is 6.04 Å². The maximum atomic E-state index is 5.85. The van der Waals surface area contributed by atoms with Crippen LogP contribution in [0.1, 0.15) is 26.3 Å². The molecule has 0 aliphatic rings. The van der Waals surface area contributed by atoms with Crippen LogP contribution in [0.15, 0.2) is 18.2 Å². The Morgan fingerprint density at radius 1 is 1.33 bits per heavy atom. The van der Waals surface area contributed by atoms with Crippen LogP contribution in [0.25, 0.3) is 0 Å². The van der Waals surface area contributed by atoms with E-state index in [1.165, 1.54) is 0 Å². The first-order valence-electron chi connectivity index (χ1n) is 6.21. The van der Waals surface area contributed by atoms with Crippen molar-refractivity contribution < 1.29 is 9.47 Å². The van der Waals surface area contributed by atoms with Gasteiger partial charge in [0.1, 0.15) is 6.61 Å². The van der Waals surface area contributed by atoms with Gasteiger partial charge in [-0.1, -0.05) is 18.1 Å². The van der Waals surface area contributed by atoms with Crippen molar-refractivity contribution in [2.45, 2.75) is 33.2 Å². The predicted octanol–water partition coefficient (Wildman–Crippen LogP) is 2.38. The number of rotatable bonds is 6. The molecule has 1 unspecified atom stereocenters. The summed E-state index contributed by atoms with van der Waals surface area (Å²) in [7, 11) is 0. The molecule has 1 aromatic rings. The van der Waals surface area contributed by atoms with E-state index >= 15 is 0 Å². The van der Waals surface area contributed by atoms with Gasteiger partial charge in [-0.3, -0.25) is 0 Å². The lowest BCUT2D eigenvalue weighted by Gasteiger charge is -2.15. The first-order chi connectivity index (χ1) is 8.69. The average molecular weight is 247 g/mol. The van der Waals surface area contributed by atoms with Gasteiger partial charge in [-0.15, -0.1) is 5.92 Å². The third kappa shape index (κ3) is 4.31. The molecule has 18 heavy (non-hydrogen) atoms. The Bertz CT molecular complexity index is 430. The minimum atomic E-state index is 0.0847. The molecular weight excluding hydrogens is 226 g/mol. The molecule has 3 nitrogen and oxygen atoms in total. The van der Waals surface area contributed by atoms with Gasteiger partial charge in [-0.25, -0.2) is 0 Å². The van der Waals surface area contributed by atoms with E-state index in [9.17, 15) is 0 Å². The number of hydrogen-bond donors (Lipinski definition) is 1. The number of benzene rings is 1. The second-order valence-electron chi connectivity index (χ2n) is 4.07. The van der Waals surface area contributed by atoms with Crippen molar-refractivity contribution >= 4 is 0 Å². The molecule has 1 rings (SSSR count). The molecule has 0 fully saturated rings. The molecule has 0 bridgehead atoms. The van der Waals surface area contributed by atoms with Gasteiger partial charge in [0, 0.05) is 6.04 Å². The summed E-state index contributed by atoms with van der Waals surface area (Å²) in [6.07, 6.45) is 0.760. The van der Waals surface area contributed by atoms with Crippen LogP contribution in [0, 0.1) is 11.8 Å². The summed E-state index contributed by atoms with van der Waals surface area (Å²) in [6, 6.07) is 5.96. The summed E-state index contributed by atoms with van der Waals surface area (Å²) in [5.74, 6) is 7.22. The molecule has 0 saturated heterocycles. The first kappa shape index (κ1) is 14.4. The van der Waals surface area contributed by atoms with E-state index in [0.29, 0.717) is 13.2 Å². The Kier molecular flexibility index (Phi) is 6.10. The highest BCUT2D eigenvalue weighted by atomic mass is 16.5. The van der Waals surface area contributed by atoms with Crippen LogP contribution >= 0.6 is 0 Å². The minimum Gasteiger partial charge on any atom is -0.490 e. The summed E-state index contributed by atoms with van der Waals surface area (Å²) in [4.78, 5) is 0. The summed E-state index contributed by atoms with van der Waals surface area (Å²) >= 11 is 0. The second kappa shape index (κ2) is 7.62. The van der Waals surface area contributed by atoms with Crippen LogP contribution in [0.5, 0.6) is 11.5 Å². The number of para-hydroxylation sites is 1. The molecule has 0 heterocycles. The Hall–Kier alpha value is -1.66. The fourth-order valence-corrected chi connectivity index (χ4v) is 1.68. The van der Waals surface area contributed by atoms with Crippen molar-refractivity contribution in [1.82, 2.24) is 0 Å². The van der Waals surface area contributed by atoms with Crippen LogP contribution in [0.4, 0.5) is 0 Å². The standard InChI is InChI=1S/C15H21NO2/c1-4-6-10-18-15-13(11-12(3)16)8-7-9-14(15)17-5-2/h7-9,12H,5,10-11,16H2,1-3H3. The number of hydrogen-bond acceptors (Lipinski definition) is 3. The maximum Gasteiger partial charge on any atom is 0.165 e. The van der Waals surface area contributed by atoms with Crippen LogP contribution in [0.2, 0.25) is 0 Å². The molecule has 0 aliphatic heterocycles. The summed E-state index contributed by atoms with van der Waals surface area (Å²) in [5.41, 5.74) is 6.91. The zero-order valence-corrected chi connectivity index (χ0v) is 11.3. The van der Waals surface area contributed by atoms with Gasteiger partial charge in [-0.05, 0) is 38.8 Å². The molecule has 0 amide bonds. The van der Waals surface area contributed by atoms with Crippen LogP contribution < -0.4 is 15.2 Å². The molecule has 1 aromatic carbocycles. The van der Waals surface area contributed by atoms with Gasteiger partial charge in [0.25, 0.3) is 0 Å². The molecule has 2 N–H and O–H groups in total. The molecule has 0 saturated carbocycles. The van der Waals surface area contributed by atoms with Gasteiger partial charge in [0.15, 0.2) is 11.5 Å². The number of ether oxygens (including phenoxy) is 2. The summed E-state index contributed by atoms with van der Waals surface area (Å²) < 4.78 is 11.3. The van der Waals surface area contributed by atoms with E-state index in [1.807, 2.05) is 32.0 Å². The fraction of sp³-hybridized carbons (Fsp3) is 0.467. The lowest BCUT2D eigenvalue weighted by atomic mass is 10.1. The topological polar surface area (TPSA) is 44.5 Å². The van der Waals surface area contributed by atoms with E-state index in [1.54, 1.807) is 6.92 Å². The first-order valence-corrected chi connectivity index (χ1v) is 6.21. The normalized spacial score (nSPS) is 11.3. The monoisotopic (exact) mass is 247 g/mol. The maximum absolute atomic E-state index is 5.85. The smallest absolute Gasteiger partial charge is 0.165 e. The number of nitrogens with two attached hydrogens (primary N) is 1. The molecule has 0 radical (unpaired) electrons. The molecule has 0 aromatic heterocycles. The van der Waals surface area contributed by atoms with Crippen molar-refractivity contribution in [3.63, 3.8) is 0 Å². The Balaban J connectivity index is 2.98. The minimum absolute atomic E-state index is 0.0847. The molecular formula is C15H21NO2. The molecule has 0 aliphatic carbocycles. The largest absolute Gasteiger partial charge is 0.490 e. The Labute approximate surface area is 109 Å². The van der Waals surface area contributed by atoms with Crippen molar-refractivity contribution in [2.75, 3.05) is 13.2 Å². The van der Waals surface area contributed by atoms with E-state index in [0.717, 1.165) is 23.5 Å². The SMILES string of the molecule is CC#CCOc1c(CC(C)N)cccc1OCC. The predicted molar refractivity (Wildman–Crippen MR) is 73.9 cm³/mol. The zero-order valence-electron chi connectivity index (χ0n) is 11.3. The second-order valence-corrected chi connectivity index (χ2v) is 4.07. The fourth-order valence-electron chi connectivity index (χ4n) is 1.68. The molecule has 3 heteroatoms. The molecule has 0 spiro atoms. The third-order valence-electron chi connectivity index (χ3n) is 2.37. The third-order valence-corrected chi connectivity index (χ3v) is 2.37. The highest BCUT2D eigenvalue weighted by molar-refractivity contribution is 5.47. The molecule has 98 valence electrons. The summed E-state index contributed by atoms with van der Waals surface area (Å²) in [6.45, 7) is 6.70. The highest BCUT2D eigenvalue weighted by Gasteiger charge is 2.11. The van der Waals surface area contributed by atoms with Gasteiger partial charge in [0.2, 0.25) is 0 Å². The van der Waals surface area contributed by atoms with E-state index < -0.39 is 0 Å².